The Bertz CT molecular complexity index is 618. The molecule has 2 rings (SSSR count). The number of hydrogen-bond donors (Lipinski definition) is 1. The maximum absolute atomic E-state index is 13.7. The summed E-state index contributed by atoms with van der Waals surface area (Å²) in [6.45, 7) is 0. The van der Waals surface area contributed by atoms with Crippen molar-refractivity contribution in [3.63, 3.8) is 0 Å². The van der Waals surface area contributed by atoms with Crippen LogP contribution in [0.4, 0.5) is 22.0 Å². The van der Waals surface area contributed by atoms with Gasteiger partial charge in [-0.3, -0.25) is 0 Å². The summed E-state index contributed by atoms with van der Waals surface area (Å²) in [6, 6.07) is 2.88. The van der Waals surface area contributed by atoms with Crippen molar-refractivity contribution in [3.8, 4) is 0 Å². The third-order valence-electron chi connectivity index (χ3n) is 2.90. The third kappa shape index (κ3) is 2.65. The second kappa shape index (κ2) is 5.58. The molecule has 0 fully saturated rings. The Morgan fingerprint density at radius 2 is 1.40 bits per heavy atom. The summed E-state index contributed by atoms with van der Waals surface area (Å²) in [7, 11) is 1.40. The van der Waals surface area contributed by atoms with E-state index in [1.54, 1.807) is 0 Å². The summed E-state index contributed by atoms with van der Waals surface area (Å²) in [4.78, 5) is 0. The van der Waals surface area contributed by atoms with E-state index in [4.69, 9.17) is 0 Å². The molecule has 0 bridgehead atoms. The average Bonchev–Trinajstić information content (AvgIpc) is 2.37. The van der Waals surface area contributed by atoms with Crippen LogP contribution in [0.25, 0.3) is 0 Å². The highest BCUT2D eigenvalue weighted by Crippen LogP contribution is 2.28. The highest BCUT2D eigenvalue weighted by Gasteiger charge is 2.22. The van der Waals surface area contributed by atoms with Crippen molar-refractivity contribution in [2.45, 2.75) is 6.04 Å². The van der Waals surface area contributed by atoms with Gasteiger partial charge in [-0.05, 0) is 24.7 Å². The molecule has 0 spiro atoms. The number of rotatable bonds is 3. The number of hydrogen-bond acceptors (Lipinski definition) is 1. The minimum absolute atomic E-state index is 0.121. The fraction of sp³-hybridized carbons (Fsp3) is 0.143. The van der Waals surface area contributed by atoms with Crippen LogP contribution in [0.3, 0.4) is 0 Å². The van der Waals surface area contributed by atoms with Crippen LogP contribution in [0, 0.1) is 29.1 Å². The van der Waals surface area contributed by atoms with Crippen molar-refractivity contribution >= 4 is 0 Å². The Hall–Kier alpha value is -1.95. The summed E-state index contributed by atoms with van der Waals surface area (Å²) < 4.78 is 66.4. The van der Waals surface area contributed by atoms with Crippen molar-refractivity contribution < 1.29 is 22.0 Å². The minimum atomic E-state index is -1.13. The highest BCUT2D eigenvalue weighted by molar-refractivity contribution is 5.34. The van der Waals surface area contributed by atoms with E-state index in [2.05, 4.69) is 5.32 Å². The molecular formula is C14H10F5N. The molecule has 2 aromatic rings. The fourth-order valence-electron chi connectivity index (χ4n) is 2.00. The highest BCUT2D eigenvalue weighted by atomic mass is 19.2. The third-order valence-corrected chi connectivity index (χ3v) is 2.90. The summed E-state index contributed by atoms with van der Waals surface area (Å²) >= 11 is 0. The van der Waals surface area contributed by atoms with E-state index in [1.165, 1.54) is 13.1 Å². The van der Waals surface area contributed by atoms with Crippen LogP contribution in [-0.4, -0.2) is 7.05 Å². The molecule has 1 nitrogen and oxygen atoms in total. The van der Waals surface area contributed by atoms with Gasteiger partial charge in [-0.25, -0.2) is 22.0 Å². The van der Waals surface area contributed by atoms with Crippen LogP contribution in [0.5, 0.6) is 0 Å². The lowest BCUT2D eigenvalue weighted by molar-refractivity contribution is 0.490. The molecule has 0 heterocycles. The fourth-order valence-corrected chi connectivity index (χ4v) is 2.00. The lowest BCUT2D eigenvalue weighted by Crippen LogP contribution is -2.21. The summed E-state index contributed by atoms with van der Waals surface area (Å²) in [5.41, 5.74) is -0.337. The van der Waals surface area contributed by atoms with Gasteiger partial charge in [-0.1, -0.05) is 6.07 Å². The second-order valence-corrected chi connectivity index (χ2v) is 4.18. The van der Waals surface area contributed by atoms with Gasteiger partial charge >= 0.3 is 0 Å². The predicted molar refractivity (Wildman–Crippen MR) is 63.6 cm³/mol. The van der Waals surface area contributed by atoms with Gasteiger partial charge in [-0.2, -0.15) is 0 Å². The summed E-state index contributed by atoms with van der Waals surface area (Å²) in [5, 5.41) is 2.59. The first-order valence-electron chi connectivity index (χ1n) is 5.70. The van der Waals surface area contributed by atoms with Gasteiger partial charge in [0.2, 0.25) is 0 Å². The molecular weight excluding hydrogens is 277 g/mol. The van der Waals surface area contributed by atoms with Gasteiger partial charge in [0.1, 0.15) is 17.5 Å². The SMILES string of the molecule is CNC(c1ccc(F)c(F)c1)c1c(F)cc(F)cc1F. The molecule has 0 aliphatic rings. The Labute approximate surface area is 112 Å². The van der Waals surface area contributed by atoms with Crippen molar-refractivity contribution in [2.24, 2.45) is 0 Å². The lowest BCUT2D eigenvalue weighted by Gasteiger charge is -2.19. The average molecular weight is 287 g/mol. The zero-order valence-corrected chi connectivity index (χ0v) is 10.4. The van der Waals surface area contributed by atoms with Gasteiger partial charge < -0.3 is 5.32 Å². The van der Waals surface area contributed by atoms with E-state index < -0.39 is 40.7 Å². The van der Waals surface area contributed by atoms with E-state index in [0.717, 1.165) is 12.1 Å². The Kier molecular flexibility index (Phi) is 4.04. The zero-order valence-electron chi connectivity index (χ0n) is 10.4. The van der Waals surface area contributed by atoms with Gasteiger partial charge in [-0.15, -0.1) is 0 Å². The van der Waals surface area contributed by atoms with Crippen molar-refractivity contribution in [1.82, 2.24) is 5.32 Å². The van der Waals surface area contributed by atoms with Crippen molar-refractivity contribution in [1.29, 1.82) is 0 Å². The molecule has 0 amide bonds. The minimum Gasteiger partial charge on any atom is -0.309 e. The van der Waals surface area contributed by atoms with Gasteiger partial charge in [0, 0.05) is 17.7 Å². The van der Waals surface area contributed by atoms with Crippen LogP contribution >= 0.6 is 0 Å². The first-order valence-corrected chi connectivity index (χ1v) is 5.70. The smallest absolute Gasteiger partial charge is 0.159 e. The molecule has 2 aromatic carbocycles. The summed E-state index contributed by atoms with van der Waals surface area (Å²) in [6.07, 6.45) is 0. The Morgan fingerprint density at radius 3 is 1.90 bits per heavy atom. The number of nitrogens with one attached hydrogen (secondary N) is 1. The van der Waals surface area contributed by atoms with E-state index in [9.17, 15) is 22.0 Å². The monoisotopic (exact) mass is 287 g/mol. The molecule has 1 unspecified atom stereocenters. The van der Waals surface area contributed by atoms with Gasteiger partial charge in [0.05, 0.1) is 6.04 Å². The number of benzene rings is 2. The molecule has 0 saturated carbocycles. The van der Waals surface area contributed by atoms with Gasteiger partial charge in [0.25, 0.3) is 0 Å². The predicted octanol–water partition coefficient (Wildman–Crippen LogP) is 3.69. The molecule has 1 atom stereocenters. The first kappa shape index (κ1) is 14.5. The maximum atomic E-state index is 13.7. The van der Waals surface area contributed by atoms with E-state index in [0.29, 0.717) is 12.1 Å². The van der Waals surface area contributed by atoms with Gasteiger partial charge in [0.15, 0.2) is 11.6 Å². The van der Waals surface area contributed by atoms with Crippen LogP contribution < -0.4 is 5.32 Å². The van der Waals surface area contributed by atoms with Crippen molar-refractivity contribution in [2.75, 3.05) is 7.05 Å². The Morgan fingerprint density at radius 1 is 0.800 bits per heavy atom. The van der Waals surface area contributed by atoms with Crippen LogP contribution in [0.15, 0.2) is 30.3 Å². The van der Waals surface area contributed by atoms with Crippen LogP contribution in [-0.2, 0) is 0 Å². The largest absolute Gasteiger partial charge is 0.309 e. The number of halogens is 5. The van der Waals surface area contributed by atoms with Crippen LogP contribution in [0.2, 0.25) is 0 Å². The molecule has 1 N–H and O–H groups in total. The normalized spacial score (nSPS) is 12.5. The molecule has 0 aliphatic heterocycles. The molecule has 0 aromatic heterocycles. The molecule has 106 valence electrons. The van der Waals surface area contributed by atoms with E-state index in [-0.39, 0.29) is 5.56 Å². The molecule has 20 heavy (non-hydrogen) atoms. The van der Waals surface area contributed by atoms with Crippen LogP contribution in [0.1, 0.15) is 17.2 Å². The molecule has 6 heteroatoms. The standard InChI is InChI=1S/C14H10F5N/c1-20-14(7-2-3-9(16)10(17)4-7)13-11(18)5-8(15)6-12(13)19/h2-6,14,20H,1H3. The van der Waals surface area contributed by atoms with E-state index in [1.807, 2.05) is 0 Å². The molecule has 0 saturated heterocycles. The zero-order chi connectivity index (χ0) is 14.9. The second-order valence-electron chi connectivity index (χ2n) is 4.18. The summed E-state index contributed by atoms with van der Waals surface area (Å²) in [5.74, 6) is -5.46. The van der Waals surface area contributed by atoms with Crippen molar-refractivity contribution in [3.05, 3.63) is 70.5 Å². The topological polar surface area (TPSA) is 12.0 Å². The maximum Gasteiger partial charge on any atom is 0.159 e. The van der Waals surface area contributed by atoms with E-state index >= 15 is 0 Å². The lowest BCUT2D eigenvalue weighted by atomic mass is 9.97. The Balaban J connectivity index is 2.55. The first-order chi connectivity index (χ1) is 9.43. The quantitative estimate of drug-likeness (QED) is 0.849. The molecule has 0 radical (unpaired) electrons. The molecule has 0 aliphatic carbocycles.